The summed E-state index contributed by atoms with van der Waals surface area (Å²) in [7, 11) is 0. The van der Waals surface area contributed by atoms with Crippen LogP contribution in [0.4, 0.5) is 0 Å². The summed E-state index contributed by atoms with van der Waals surface area (Å²) in [6.45, 7) is 6.56. The van der Waals surface area contributed by atoms with Crippen molar-refractivity contribution in [3.05, 3.63) is 29.8 Å². The van der Waals surface area contributed by atoms with Crippen molar-refractivity contribution < 1.29 is 9.84 Å². The Bertz CT molecular complexity index is 311. The van der Waals surface area contributed by atoms with Gasteiger partial charge in [-0.2, -0.15) is 0 Å². The average molecular weight is 251 g/mol. The zero-order valence-corrected chi connectivity index (χ0v) is 11.5. The maximum absolute atomic E-state index is 9.42. The summed E-state index contributed by atoms with van der Waals surface area (Å²) >= 11 is 0. The fourth-order valence-electron chi connectivity index (χ4n) is 1.63. The van der Waals surface area contributed by atoms with Crippen molar-refractivity contribution in [1.29, 1.82) is 0 Å². The zero-order chi connectivity index (χ0) is 13.2. The highest BCUT2D eigenvalue weighted by atomic mass is 16.5. The molecule has 0 aliphatic heterocycles. The number of rotatable bonds is 9. The van der Waals surface area contributed by atoms with Crippen LogP contribution in [0, 0.1) is 0 Å². The predicted molar refractivity (Wildman–Crippen MR) is 74.8 cm³/mol. The smallest absolute Gasteiger partial charge is 0.119 e. The second-order valence-corrected chi connectivity index (χ2v) is 4.52. The minimum atomic E-state index is -0.178. The van der Waals surface area contributed by atoms with Gasteiger partial charge in [0.2, 0.25) is 0 Å². The molecule has 0 aliphatic carbocycles. The molecule has 1 aromatic carbocycles. The molecule has 0 bridgehead atoms. The van der Waals surface area contributed by atoms with E-state index in [4.69, 9.17) is 4.74 Å². The first-order chi connectivity index (χ1) is 8.76. The molecule has 0 heterocycles. The number of nitrogens with one attached hydrogen (secondary N) is 1. The second-order valence-electron chi connectivity index (χ2n) is 4.52. The highest BCUT2D eigenvalue weighted by molar-refractivity contribution is 5.27. The maximum Gasteiger partial charge on any atom is 0.119 e. The minimum absolute atomic E-state index is 0.178. The molecule has 0 aromatic heterocycles. The number of benzene rings is 1. The van der Waals surface area contributed by atoms with Gasteiger partial charge in [-0.1, -0.05) is 26.0 Å². The Morgan fingerprint density at radius 2 is 1.94 bits per heavy atom. The van der Waals surface area contributed by atoms with Crippen molar-refractivity contribution in [2.45, 2.75) is 45.8 Å². The van der Waals surface area contributed by atoms with Crippen LogP contribution < -0.4 is 10.1 Å². The highest BCUT2D eigenvalue weighted by Gasteiger charge is 2.00. The van der Waals surface area contributed by atoms with Crippen molar-refractivity contribution in [2.75, 3.05) is 13.2 Å². The van der Waals surface area contributed by atoms with Crippen LogP contribution in [-0.2, 0) is 6.54 Å². The molecular formula is C15H25NO2. The normalized spacial score (nSPS) is 12.4. The van der Waals surface area contributed by atoms with E-state index in [1.54, 1.807) is 0 Å². The van der Waals surface area contributed by atoms with Crippen molar-refractivity contribution >= 4 is 0 Å². The van der Waals surface area contributed by atoms with Gasteiger partial charge in [-0.15, -0.1) is 0 Å². The summed E-state index contributed by atoms with van der Waals surface area (Å²) in [5.74, 6) is 0.932. The zero-order valence-electron chi connectivity index (χ0n) is 11.5. The van der Waals surface area contributed by atoms with E-state index < -0.39 is 0 Å². The summed E-state index contributed by atoms with van der Waals surface area (Å²) in [5, 5.41) is 12.7. The number of aliphatic hydroxyl groups excluding tert-OH is 1. The van der Waals surface area contributed by atoms with Crippen LogP contribution >= 0.6 is 0 Å². The maximum atomic E-state index is 9.42. The second kappa shape index (κ2) is 8.95. The van der Waals surface area contributed by atoms with Crippen LogP contribution in [0.3, 0.4) is 0 Å². The van der Waals surface area contributed by atoms with Crippen LogP contribution in [0.1, 0.15) is 38.7 Å². The summed E-state index contributed by atoms with van der Waals surface area (Å²) in [4.78, 5) is 0. The number of hydrogen-bond acceptors (Lipinski definition) is 3. The Kier molecular flexibility index (Phi) is 7.46. The van der Waals surface area contributed by atoms with Crippen LogP contribution in [0.15, 0.2) is 24.3 Å². The molecule has 0 aliphatic rings. The number of hydrogen-bond donors (Lipinski definition) is 2. The van der Waals surface area contributed by atoms with E-state index in [0.29, 0.717) is 0 Å². The van der Waals surface area contributed by atoms with Crippen LogP contribution in [0.5, 0.6) is 5.75 Å². The van der Waals surface area contributed by atoms with Crippen molar-refractivity contribution in [1.82, 2.24) is 5.32 Å². The first-order valence-corrected chi connectivity index (χ1v) is 6.86. The first-order valence-electron chi connectivity index (χ1n) is 6.86. The van der Waals surface area contributed by atoms with E-state index in [9.17, 15) is 5.11 Å². The quantitative estimate of drug-likeness (QED) is 0.663. The summed E-state index contributed by atoms with van der Waals surface area (Å²) in [5.41, 5.74) is 1.24. The van der Waals surface area contributed by atoms with E-state index in [2.05, 4.69) is 24.4 Å². The molecule has 0 saturated carbocycles. The van der Waals surface area contributed by atoms with Crippen LogP contribution in [0.2, 0.25) is 0 Å². The third-order valence-electron chi connectivity index (χ3n) is 2.85. The fourth-order valence-corrected chi connectivity index (χ4v) is 1.63. The molecule has 3 nitrogen and oxygen atoms in total. The Hall–Kier alpha value is -1.06. The lowest BCUT2D eigenvalue weighted by Gasteiger charge is -2.09. The molecule has 2 N–H and O–H groups in total. The van der Waals surface area contributed by atoms with Gasteiger partial charge in [-0.25, -0.2) is 0 Å². The molecule has 102 valence electrons. The molecule has 1 rings (SSSR count). The van der Waals surface area contributed by atoms with Gasteiger partial charge in [0.05, 0.1) is 12.7 Å². The molecule has 3 heteroatoms. The third kappa shape index (κ3) is 6.03. The molecule has 1 aromatic rings. The van der Waals surface area contributed by atoms with E-state index in [0.717, 1.165) is 44.7 Å². The van der Waals surface area contributed by atoms with Gasteiger partial charge in [0.15, 0.2) is 0 Å². The van der Waals surface area contributed by atoms with Crippen molar-refractivity contribution in [2.24, 2.45) is 0 Å². The summed E-state index contributed by atoms with van der Waals surface area (Å²) < 4.78 is 5.53. The molecule has 0 spiro atoms. The van der Waals surface area contributed by atoms with Gasteiger partial charge >= 0.3 is 0 Å². The molecule has 18 heavy (non-hydrogen) atoms. The number of ether oxygens (including phenoxy) is 1. The monoisotopic (exact) mass is 251 g/mol. The minimum Gasteiger partial charge on any atom is -0.494 e. The molecule has 0 fully saturated rings. The van der Waals surface area contributed by atoms with Crippen LogP contribution in [0.25, 0.3) is 0 Å². The molecule has 1 unspecified atom stereocenters. The molecular weight excluding hydrogens is 226 g/mol. The first kappa shape index (κ1) is 15.0. The van der Waals surface area contributed by atoms with E-state index in [1.165, 1.54) is 5.56 Å². The predicted octanol–water partition coefficient (Wildman–Crippen LogP) is 2.73. The lowest BCUT2D eigenvalue weighted by atomic mass is 10.2. The standard InChI is InChI=1S/C15H25NO2/c1-3-11-18-15-7-5-13(6-8-15)12-16-10-9-14(17)4-2/h5-8,14,16-17H,3-4,9-12H2,1-2H3. The molecule has 0 saturated heterocycles. The lowest BCUT2D eigenvalue weighted by Crippen LogP contribution is -2.19. The molecule has 1 atom stereocenters. The summed E-state index contributed by atoms with van der Waals surface area (Å²) in [6.07, 6.45) is 2.49. The van der Waals surface area contributed by atoms with Gasteiger partial charge in [0.1, 0.15) is 5.75 Å². The Morgan fingerprint density at radius 1 is 1.22 bits per heavy atom. The largest absolute Gasteiger partial charge is 0.494 e. The topological polar surface area (TPSA) is 41.5 Å². The Labute approximate surface area is 110 Å². The van der Waals surface area contributed by atoms with Gasteiger partial charge in [0, 0.05) is 6.54 Å². The highest BCUT2D eigenvalue weighted by Crippen LogP contribution is 2.12. The Balaban J connectivity index is 2.22. The SMILES string of the molecule is CCCOc1ccc(CNCCC(O)CC)cc1. The van der Waals surface area contributed by atoms with Gasteiger partial charge in [-0.05, 0) is 43.5 Å². The lowest BCUT2D eigenvalue weighted by molar-refractivity contribution is 0.159. The van der Waals surface area contributed by atoms with E-state index in [1.807, 2.05) is 19.1 Å². The fraction of sp³-hybridized carbons (Fsp3) is 0.600. The Morgan fingerprint density at radius 3 is 2.56 bits per heavy atom. The molecule has 0 amide bonds. The van der Waals surface area contributed by atoms with Crippen molar-refractivity contribution in [3.63, 3.8) is 0 Å². The van der Waals surface area contributed by atoms with E-state index >= 15 is 0 Å². The van der Waals surface area contributed by atoms with E-state index in [-0.39, 0.29) is 6.10 Å². The van der Waals surface area contributed by atoms with Gasteiger partial charge in [0.25, 0.3) is 0 Å². The summed E-state index contributed by atoms with van der Waals surface area (Å²) in [6, 6.07) is 8.17. The van der Waals surface area contributed by atoms with Gasteiger partial charge in [-0.3, -0.25) is 0 Å². The van der Waals surface area contributed by atoms with Crippen LogP contribution in [-0.4, -0.2) is 24.4 Å². The third-order valence-corrected chi connectivity index (χ3v) is 2.85. The molecule has 0 radical (unpaired) electrons. The van der Waals surface area contributed by atoms with Gasteiger partial charge < -0.3 is 15.2 Å². The average Bonchev–Trinajstić information content (AvgIpc) is 2.42. The number of aliphatic hydroxyl groups is 1. The van der Waals surface area contributed by atoms with Crippen molar-refractivity contribution in [3.8, 4) is 5.75 Å².